The molecule has 0 saturated heterocycles. The van der Waals surface area contributed by atoms with Crippen LogP contribution in [0.25, 0.3) is 0 Å². The molecule has 1 N–H and O–H groups in total. The Hall–Kier alpha value is -2.02. The maximum atomic E-state index is 12.3. The molecule has 114 valence electrons. The molecule has 0 spiro atoms. The van der Waals surface area contributed by atoms with Crippen LogP contribution in [0.4, 0.5) is 0 Å². The number of para-hydroxylation sites is 1. The smallest absolute Gasteiger partial charge is 0.240 e. The van der Waals surface area contributed by atoms with Crippen molar-refractivity contribution in [3.8, 4) is 11.8 Å². The van der Waals surface area contributed by atoms with Gasteiger partial charge in [-0.25, -0.2) is 0 Å². The van der Waals surface area contributed by atoms with E-state index in [1.807, 2.05) is 44.2 Å². The van der Waals surface area contributed by atoms with E-state index in [4.69, 9.17) is 4.74 Å². The van der Waals surface area contributed by atoms with Gasteiger partial charge >= 0.3 is 0 Å². The monoisotopic (exact) mass is 288 g/mol. The molecule has 4 heteroatoms. The summed E-state index contributed by atoms with van der Waals surface area (Å²) in [6.07, 6.45) is 2.84. The van der Waals surface area contributed by atoms with Gasteiger partial charge in [-0.15, -0.1) is 0 Å². The molecule has 0 aliphatic heterocycles. The summed E-state index contributed by atoms with van der Waals surface area (Å²) in [7, 11) is 0. The highest BCUT2D eigenvalue weighted by atomic mass is 16.5. The third kappa shape index (κ3) is 5.11. The standard InChI is InChI=1S/C17H24N2O2/c1-3-10-17(14-18,11-4-2)16(20)19-12-13-21-15-8-6-5-7-9-15/h5-9H,3-4,10-13H2,1-2H3,(H,19,20). The number of rotatable bonds is 9. The van der Waals surface area contributed by atoms with Crippen molar-refractivity contribution >= 4 is 5.91 Å². The number of amides is 1. The molecule has 21 heavy (non-hydrogen) atoms. The minimum atomic E-state index is -0.893. The van der Waals surface area contributed by atoms with E-state index >= 15 is 0 Å². The van der Waals surface area contributed by atoms with Crippen molar-refractivity contribution < 1.29 is 9.53 Å². The van der Waals surface area contributed by atoms with Gasteiger partial charge in [0, 0.05) is 0 Å². The number of carbonyl (C=O) groups excluding carboxylic acids is 1. The lowest BCUT2D eigenvalue weighted by Crippen LogP contribution is -2.41. The van der Waals surface area contributed by atoms with Gasteiger partial charge in [0.15, 0.2) is 0 Å². The molecule has 0 aliphatic carbocycles. The summed E-state index contributed by atoms with van der Waals surface area (Å²) in [4.78, 5) is 12.3. The van der Waals surface area contributed by atoms with Crippen LogP contribution in [0.15, 0.2) is 30.3 Å². The van der Waals surface area contributed by atoms with E-state index in [2.05, 4.69) is 11.4 Å². The Kier molecular flexibility index (Phi) is 7.31. The lowest BCUT2D eigenvalue weighted by atomic mass is 9.80. The maximum absolute atomic E-state index is 12.3. The van der Waals surface area contributed by atoms with E-state index in [-0.39, 0.29) is 5.91 Å². The van der Waals surface area contributed by atoms with Crippen molar-refractivity contribution in [2.45, 2.75) is 39.5 Å². The van der Waals surface area contributed by atoms with E-state index in [9.17, 15) is 10.1 Å². The second-order valence-corrected chi connectivity index (χ2v) is 5.11. The number of benzene rings is 1. The van der Waals surface area contributed by atoms with Crippen LogP contribution in [0.3, 0.4) is 0 Å². The Balaban J connectivity index is 2.45. The summed E-state index contributed by atoms with van der Waals surface area (Å²) in [5, 5.41) is 12.2. The quantitative estimate of drug-likeness (QED) is 0.709. The number of hydrogen-bond acceptors (Lipinski definition) is 3. The zero-order valence-electron chi connectivity index (χ0n) is 12.9. The molecule has 0 aliphatic rings. The van der Waals surface area contributed by atoms with Crippen LogP contribution >= 0.6 is 0 Å². The van der Waals surface area contributed by atoms with Gasteiger partial charge in [-0.2, -0.15) is 5.26 Å². The van der Waals surface area contributed by atoms with Crippen LogP contribution < -0.4 is 10.1 Å². The van der Waals surface area contributed by atoms with E-state index in [1.165, 1.54) is 0 Å². The summed E-state index contributed by atoms with van der Waals surface area (Å²) in [5.74, 6) is 0.603. The summed E-state index contributed by atoms with van der Waals surface area (Å²) < 4.78 is 5.53. The molecule has 0 saturated carbocycles. The Morgan fingerprint density at radius 1 is 1.24 bits per heavy atom. The maximum Gasteiger partial charge on any atom is 0.240 e. The first kappa shape index (κ1) is 17.0. The van der Waals surface area contributed by atoms with Crippen molar-refractivity contribution in [1.82, 2.24) is 5.32 Å². The highest BCUT2D eigenvalue weighted by Gasteiger charge is 2.36. The third-order valence-electron chi connectivity index (χ3n) is 3.40. The molecule has 0 heterocycles. The molecule has 0 bridgehead atoms. The lowest BCUT2D eigenvalue weighted by Gasteiger charge is -2.24. The van der Waals surface area contributed by atoms with E-state index < -0.39 is 5.41 Å². The molecule has 1 amide bonds. The van der Waals surface area contributed by atoms with Crippen LogP contribution in [0.2, 0.25) is 0 Å². The van der Waals surface area contributed by atoms with Gasteiger partial charge in [0.2, 0.25) is 5.91 Å². The average Bonchev–Trinajstić information content (AvgIpc) is 2.52. The van der Waals surface area contributed by atoms with Gasteiger partial charge in [0.05, 0.1) is 12.6 Å². The van der Waals surface area contributed by atoms with Gasteiger partial charge in [-0.05, 0) is 25.0 Å². The van der Waals surface area contributed by atoms with Gasteiger partial charge < -0.3 is 10.1 Å². The topological polar surface area (TPSA) is 62.1 Å². The largest absolute Gasteiger partial charge is 0.492 e. The lowest BCUT2D eigenvalue weighted by molar-refractivity contribution is -0.129. The summed E-state index contributed by atoms with van der Waals surface area (Å²) in [5.41, 5.74) is -0.893. The minimum absolute atomic E-state index is 0.176. The molecule has 1 aromatic carbocycles. The van der Waals surface area contributed by atoms with Crippen LogP contribution in [0.1, 0.15) is 39.5 Å². The summed E-state index contributed by atoms with van der Waals surface area (Å²) in [6, 6.07) is 11.7. The molecule has 1 rings (SSSR count). The average molecular weight is 288 g/mol. The van der Waals surface area contributed by atoms with E-state index in [1.54, 1.807) is 0 Å². The molecule has 0 radical (unpaired) electrons. The van der Waals surface area contributed by atoms with Gasteiger partial charge in [0.1, 0.15) is 17.8 Å². The molecular weight excluding hydrogens is 264 g/mol. The van der Waals surface area contributed by atoms with E-state index in [0.29, 0.717) is 26.0 Å². The first-order valence-electron chi connectivity index (χ1n) is 7.56. The molecule has 0 unspecified atom stereocenters. The number of ether oxygens (including phenoxy) is 1. The second-order valence-electron chi connectivity index (χ2n) is 5.11. The molecule has 0 atom stereocenters. The summed E-state index contributed by atoms with van der Waals surface area (Å²) >= 11 is 0. The zero-order valence-corrected chi connectivity index (χ0v) is 12.9. The Morgan fingerprint density at radius 2 is 1.86 bits per heavy atom. The first-order chi connectivity index (χ1) is 10.2. The predicted molar refractivity (Wildman–Crippen MR) is 82.8 cm³/mol. The minimum Gasteiger partial charge on any atom is -0.492 e. The van der Waals surface area contributed by atoms with Crippen molar-refractivity contribution in [3.05, 3.63) is 30.3 Å². The third-order valence-corrected chi connectivity index (χ3v) is 3.40. The van der Waals surface area contributed by atoms with Crippen molar-refractivity contribution in [2.75, 3.05) is 13.2 Å². The number of nitrogens with zero attached hydrogens (tertiary/aromatic N) is 1. The fourth-order valence-corrected chi connectivity index (χ4v) is 2.39. The second kappa shape index (κ2) is 9.02. The van der Waals surface area contributed by atoms with Gasteiger partial charge in [0.25, 0.3) is 0 Å². The summed E-state index contributed by atoms with van der Waals surface area (Å²) in [6.45, 7) is 4.79. The van der Waals surface area contributed by atoms with Crippen molar-refractivity contribution in [2.24, 2.45) is 5.41 Å². The predicted octanol–water partition coefficient (Wildman–Crippen LogP) is 3.29. The van der Waals surface area contributed by atoms with Gasteiger partial charge in [-0.1, -0.05) is 44.9 Å². The fourth-order valence-electron chi connectivity index (χ4n) is 2.39. The van der Waals surface area contributed by atoms with Crippen LogP contribution in [0.5, 0.6) is 5.75 Å². The van der Waals surface area contributed by atoms with Crippen LogP contribution in [0, 0.1) is 16.7 Å². The molecule has 1 aromatic rings. The molecule has 0 aromatic heterocycles. The molecule has 0 fully saturated rings. The van der Waals surface area contributed by atoms with Crippen molar-refractivity contribution in [1.29, 1.82) is 5.26 Å². The van der Waals surface area contributed by atoms with Crippen LogP contribution in [-0.2, 0) is 4.79 Å². The Labute approximate surface area is 127 Å². The van der Waals surface area contributed by atoms with Crippen LogP contribution in [-0.4, -0.2) is 19.1 Å². The Bertz CT molecular complexity index is 459. The zero-order chi connectivity index (χ0) is 15.6. The normalized spacial score (nSPS) is 10.7. The molecule has 4 nitrogen and oxygen atoms in total. The highest BCUT2D eigenvalue weighted by Crippen LogP contribution is 2.29. The highest BCUT2D eigenvalue weighted by molar-refractivity contribution is 5.85. The fraction of sp³-hybridized carbons (Fsp3) is 0.529. The number of nitriles is 1. The SMILES string of the molecule is CCCC(C#N)(CCC)C(=O)NCCOc1ccccc1. The first-order valence-corrected chi connectivity index (χ1v) is 7.56. The van der Waals surface area contributed by atoms with E-state index in [0.717, 1.165) is 18.6 Å². The number of carbonyl (C=O) groups is 1. The number of hydrogen-bond donors (Lipinski definition) is 1. The van der Waals surface area contributed by atoms with Gasteiger partial charge in [-0.3, -0.25) is 4.79 Å². The van der Waals surface area contributed by atoms with Crippen molar-refractivity contribution in [3.63, 3.8) is 0 Å². The number of nitrogens with one attached hydrogen (secondary N) is 1. The Morgan fingerprint density at radius 3 is 2.38 bits per heavy atom. The molecular formula is C17H24N2O2.